The minimum atomic E-state index is -2.65. The van der Waals surface area contributed by atoms with Crippen molar-refractivity contribution in [2.24, 2.45) is 10.9 Å². The smallest absolute Gasteiger partial charge is 0.486 e. The van der Waals surface area contributed by atoms with Crippen molar-refractivity contribution in [3.8, 4) is 16.3 Å². The van der Waals surface area contributed by atoms with Crippen molar-refractivity contribution in [1.29, 1.82) is 0 Å². The summed E-state index contributed by atoms with van der Waals surface area (Å²) < 4.78 is 34.1. The first-order valence-electron chi connectivity index (χ1n) is 10.2. The molecular formula is C24H21BF2N2O2S. The number of nitrogens with zero attached hydrogens (tertiary/aromatic N) is 2. The lowest BCUT2D eigenvalue weighted by atomic mass is 10.1. The van der Waals surface area contributed by atoms with E-state index in [0.29, 0.717) is 22.8 Å². The van der Waals surface area contributed by atoms with Crippen molar-refractivity contribution in [3.05, 3.63) is 83.0 Å². The fourth-order valence-corrected chi connectivity index (χ4v) is 3.99. The largest absolute Gasteiger partial charge is 0.678 e. The van der Waals surface area contributed by atoms with Gasteiger partial charge in [0.1, 0.15) is 12.4 Å². The van der Waals surface area contributed by atoms with Gasteiger partial charge in [-0.25, -0.2) is 4.99 Å². The maximum atomic E-state index is 13.8. The number of aliphatic imine (C=N–C) groups is 1. The van der Waals surface area contributed by atoms with Gasteiger partial charge in [-0.05, 0) is 66.1 Å². The van der Waals surface area contributed by atoms with Crippen LogP contribution < -0.4 is 4.74 Å². The number of benzene rings is 1. The topological polar surface area (TPSA) is 43.6 Å². The molecule has 0 bridgehead atoms. The number of hydrogen-bond acceptors (Lipinski definition) is 4. The van der Waals surface area contributed by atoms with Gasteiger partial charge in [-0.2, -0.15) is 0 Å². The highest BCUT2D eigenvalue weighted by Gasteiger charge is 2.24. The summed E-state index contributed by atoms with van der Waals surface area (Å²) in [4.78, 5) is 17.1. The highest BCUT2D eigenvalue weighted by atomic mass is 32.1. The molecule has 2 aromatic heterocycles. The second-order valence-electron chi connectivity index (χ2n) is 7.60. The van der Waals surface area contributed by atoms with E-state index in [9.17, 15) is 13.4 Å². The molecule has 1 aliphatic heterocycles. The summed E-state index contributed by atoms with van der Waals surface area (Å²) in [6.45, 7) is 3.72. The standard InChI is InChI=1S/C24H21BF2N2O2S/c1-16(2)23(30)15-31-20-9-5-17(6-10-20)21-11-7-18(28-21)14-19-8-12-22(29(19)25(26)27)24-4-3-13-32-24/h3-14,16H,15H2,1-2H3/b18-14-. The summed E-state index contributed by atoms with van der Waals surface area (Å²) in [6, 6.07) is 14.3. The van der Waals surface area contributed by atoms with Gasteiger partial charge >= 0.3 is 7.40 Å². The number of ether oxygens (including phenoxy) is 1. The van der Waals surface area contributed by atoms with Gasteiger partial charge in [0.2, 0.25) is 0 Å². The average molecular weight is 450 g/mol. The third kappa shape index (κ3) is 4.80. The monoisotopic (exact) mass is 450 g/mol. The molecule has 4 rings (SSSR count). The minimum absolute atomic E-state index is 0.0436. The summed E-state index contributed by atoms with van der Waals surface area (Å²) in [5.74, 6) is 0.588. The van der Waals surface area contributed by atoms with Crippen LogP contribution >= 0.6 is 11.3 Å². The number of allylic oxidation sites excluding steroid dienone is 2. The molecule has 0 atom stereocenters. The zero-order valence-corrected chi connectivity index (χ0v) is 18.5. The van der Waals surface area contributed by atoms with Gasteiger partial charge in [-0.15, -0.1) is 11.3 Å². The molecule has 3 heterocycles. The second-order valence-corrected chi connectivity index (χ2v) is 8.55. The lowest BCUT2D eigenvalue weighted by Gasteiger charge is -2.08. The lowest BCUT2D eigenvalue weighted by molar-refractivity contribution is -0.123. The molecule has 3 aromatic rings. The Hall–Kier alpha value is -3.26. The zero-order chi connectivity index (χ0) is 22.7. The van der Waals surface area contributed by atoms with Crippen LogP contribution in [0.5, 0.6) is 5.75 Å². The molecule has 1 aromatic carbocycles. The maximum absolute atomic E-state index is 13.8. The molecule has 0 fully saturated rings. The van der Waals surface area contributed by atoms with Gasteiger partial charge in [-0.3, -0.25) is 13.4 Å². The highest BCUT2D eigenvalue weighted by Crippen LogP contribution is 2.29. The Bertz CT molecular complexity index is 1190. The number of thiophene rings is 1. The van der Waals surface area contributed by atoms with Crippen LogP contribution in [0.2, 0.25) is 0 Å². The fraction of sp³-hybridized carbons (Fsp3) is 0.167. The minimum Gasteiger partial charge on any atom is -0.486 e. The number of hydrogen-bond donors (Lipinski definition) is 0. The number of carbonyl (C=O) groups excluding carboxylic acids is 1. The maximum Gasteiger partial charge on any atom is 0.678 e. The zero-order valence-electron chi connectivity index (χ0n) is 17.7. The van der Waals surface area contributed by atoms with Crippen LogP contribution in [0.15, 0.2) is 76.8 Å². The fourth-order valence-electron chi connectivity index (χ4n) is 3.24. The van der Waals surface area contributed by atoms with Gasteiger partial charge in [0.25, 0.3) is 0 Å². The number of Topliss-reactive ketones (excluding diaryl/α,β-unsaturated/α-hetero) is 1. The first-order chi connectivity index (χ1) is 15.4. The van der Waals surface area contributed by atoms with Crippen molar-refractivity contribution in [2.45, 2.75) is 13.8 Å². The molecule has 162 valence electrons. The predicted octanol–water partition coefficient (Wildman–Crippen LogP) is 5.99. The van der Waals surface area contributed by atoms with Crippen LogP contribution in [0.25, 0.3) is 16.6 Å². The molecule has 0 saturated carbocycles. The van der Waals surface area contributed by atoms with Gasteiger partial charge in [0.15, 0.2) is 5.78 Å². The molecule has 8 heteroatoms. The Morgan fingerprint density at radius 1 is 1.16 bits per heavy atom. The average Bonchev–Trinajstić information content (AvgIpc) is 3.53. The van der Waals surface area contributed by atoms with E-state index in [-0.39, 0.29) is 18.3 Å². The molecule has 0 saturated heterocycles. The Morgan fingerprint density at radius 3 is 2.59 bits per heavy atom. The number of rotatable bonds is 8. The van der Waals surface area contributed by atoms with Gasteiger partial charge in [0, 0.05) is 22.1 Å². The van der Waals surface area contributed by atoms with Crippen molar-refractivity contribution < 1.29 is 18.2 Å². The van der Waals surface area contributed by atoms with Gasteiger partial charge in [-0.1, -0.05) is 19.9 Å². The van der Waals surface area contributed by atoms with Gasteiger partial charge in [0.05, 0.1) is 17.1 Å². The molecule has 0 unspecified atom stereocenters. The Labute approximate surface area is 189 Å². The van der Waals surface area contributed by atoms with Crippen LogP contribution in [0.3, 0.4) is 0 Å². The van der Waals surface area contributed by atoms with E-state index in [1.54, 1.807) is 36.4 Å². The van der Waals surface area contributed by atoms with Gasteiger partial charge < -0.3 is 9.21 Å². The molecule has 0 aliphatic carbocycles. The van der Waals surface area contributed by atoms with E-state index in [1.165, 1.54) is 11.3 Å². The molecule has 0 amide bonds. The lowest BCUT2D eigenvalue weighted by Crippen LogP contribution is -2.16. The number of halogens is 2. The first kappa shape index (κ1) is 22.0. The number of ketones is 1. The summed E-state index contributed by atoms with van der Waals surface area (Å²) in [5, 5.41) is 1.87. The quantitative estimate of drug-likeness (QED) is 0.396. The third-order valence-corrected chi connectivity index (χ3v) is 5.94. The molecule has 0 radical (unpaired) electrons. The van der Waals surface area contributed by atoms with Crippen molar-refractivity contribution in [3.63, 3.8) is 0 Å². The van der Waals surface area contributed by atoms with E-state index in [2.05, 4.69) is 4.99 Å². The SMILES string of the molecule is CC(C)C(=O)COc1ccc(C2=N/C(=C\c3ccc(-c4cccs4)n3B(F)F)C=C2)cc1. The van der Waals surface area contributed by atoms with E-state index < -0.39 is 7.40 Å². The van der Waals surface area contributed by atoms with Crippen molar-refractivity contribution in [1.82, 2.24) is 4.48 Å². The third-order valence-electron chi connectivity index (χ3n) is 5.05. The van der Waals surface area contributed by atoms with Crippen LogP contribution in [0.4, 0.5) is 8.63 Å². The highest BCUT2D eigenvalue weighted by molar-refractivity contribution is 7.13. The van der Waals surface area contributed by atoms with Crippen LogP contribution in [-0.2, 0) is 4.79 Å². The molecule has 1 aliphatic rings. The number of carbonyl (C=O) groups is 1. The number of aromatic nitrogens is 1. The second kappa shape index (κ2) is 9.48. The summed E-state index contributed by atoms with van der Waals surface area (Å²) in [5.41, 5.74) is 3.08. The van der Waals surface area contributed by atoms with Crippen LogP contribution in [0, 0.1) is 5.92 Å². The molecular weight excluding hydrogens is 429 g/mol. The molecule has 0 spiro atoms. The van der Waals surface area contributed by atoms with E-state index in [1.807, 2.05) is 49.6 Å². The molecule has 32 heavy (non-hydrogen) atoms. The summed E-state index contributed by atoms with van der Waals surface area (Å²) >= 11 is 1.42. The first-order valence-corrected chi connectivity index (χ1v) is 11.1. The van der Waals surface area contributed by atoms with E-state index >= 15 is 0 Å². The van der Waals surface area contributed by atoms with Crippen LogP contribution in [0.1, 0.15) is 25.1 Å². The summed E-state index contributed by atoms with van der Waals surface area (Å²) in [7, 11) is -2.65. The molecule has 4 nitrogen and oxygen atoms in total. The summed E-state index contributed by atoms with van der Waals surface area (Å²) in [6.07, 6.45) is 5.30. The molecule has 0 N–H and O–H groups in total. The predicted molar refractivity (Wildman–Crippen MR) is 127 cm³/mol. The van der Waals surface area contributed by atoms with Crippen LogP contribution in [-0.4, -0.2) is 30.0 Å². The van der Waals surface area contributed by atoms with Crippen molar-refractivity contribution >= 4 is 36.3 Å². The van der Waals surface area contributed by atoms with Crippen molar-refractivity contribution in [2.75, 3.05) is 6.61 Å². The Kier molecular flexibility index (Phi) is 6.51. The van der Waals surface area contributed by atoms with E-state index in [0.717, 1.165) is 20.6 Å². The normalized spacial score (nSPS) is 14.3. The Balaban J connectivity index is 1.52. The Morgan fingerprint density at radius 2 is 1.94 bits per heavy atom. The van der Waals surface area contributed by atoms with E-state index in [4.69, 9.17) is 4.74 Å².